The molecule has 6 aromatic rings. The number of rotatable bonds is 15. The Balaban J connectivity index is 0.922. The molecule has 0 saturated carbocycles. The second kappa shape index (κ2) is 19.7. The van der Waals surface area contributed by atoms with Crippen molar-refractivity contribution in [3.63, 3.8) is 0 Å². The summed E-state index contributed by atoms with van der Waals surface area (Å²) < 4.78 is 0. The van der Waals surface area contributed by atoms with Crippen LogP contribution in [-0.4, -0.2) is 118 Å². The molecule has 2 aliphatic heterocycles. The number of H-pyrrole nitrogens is 2. The first-order valence-corrected chi connectivity index (χ1v) is 21.9. The fourth-order valence-electron chi connectivity index (χ4n) is 8.80. The Bertz CT molecular complexity index is 2360. The molecule has 2 fully saturated rings. The number of likely N-dealkylation sites (N-methyl/N-ethyl adjacent to an activating group) is 2. The van der Waals surface area contributed by atoms with Crippen LogP contribution in [0.5, 0.6) is 0 Å². The van der Waals surface area contributed by atoms with Gasteiger partial charge in [0, 0.05) is 13.1 Å². The lowest BCUT2D eigenvalue weighted by molar-refractivity contribution is -0.138. The highest BCUT2D eigenvalue weighted by Crippen LogP contribution is 2.36. The van der Waals surface area contributed by atoms with E-state index in [2.05, 4.69) is 69.1 Å². The summed E-state index contributed by atoms with van der Waals surface area (Å²) in [5.74, 6) is 0.727. The first kappa shape index (κ1) is 43.7. The molecule has 4 atom stereocenters. The maximum Gasteiger partial charge on any atom is 0.250 e. The molecule has 14 heteroatoms. The van der Waals surface area contributed by atoms with Crippen molar-refractivity contribution >= 4 is 23.6 Å². The maximum atomic E-state index is 14.1. The van der Waals surface area contributed by atoms with Crippen molar-refractivity contribution in [2.75, 3.05) is 54.4 Å². The van der Waals surface area contributed by atoms with Crippen molar-refractivity contribution in [1.29, 1.82) is 0 Å². The predicted octanol–water partition coefficient (Wildman–Crippen LogP) is 6.30. The lowest BCUT2D eigenvalue weighted by Crippen LogP contribution is -2.45. The van der Waals surface area contributed by atoms with Crippen molar-refractivity contribution in [3.05, 3.63) is 144 Å². The summed E-state index contributed by atoms with van der Waals surface area (Å²) >= 11 is 0. The summed E-state index contributed by atoms with van der Waals surface area (Å²) in [6.07, 6.45) is 6.85. The van der Waals surface area contributed by atoms with E-state index in [9.17, 15) is 19.2 Å². The lowest BCUT2D eigenvalue weighted by atomic mass is 10.0. The standard InChI is InChI=1S/C50H56N10O4/c1-57(2)31-43(61)55-45(37-13-7-5-8-14-37)49(63)59-27-11-17-41(59)47-51-29-39(53-47)35-23-19-33(20-24-35)34-21-25-36(26-22-34)40-30-52-48(54-40)42-18-12-28-60(42)50(64)46(38-15-9-6-10-16-38)56-44(62)32-58(3)4/h5-10,13-16,19-26,29-30,41-42,45-46H,11-12,17-18,27-28,31-32H2,1-4H3,(H,51,53)(H,52,54)(H,55,61)(H,56,62)/t41?,42?,45-,46-/m1/s1. The van der Waals surface area contributed by atoms with Crippen LogP contribution >= 0.6 is 0 Å². The summed E-state index contributed by atoms with van der Waals surface area (Å²) in [6, 6.07) is 33.3. The maximum absolute atomic E-state index is 14.1. The van der Waals surface area contributed by atoms with Crippen molar-refractivity contribution in [2.45, 2.75) is 49.9 Å². The van der Waals surface area contributed by atoms with E-state index in [1.807, 2.05) is 111 Å². The van der Waals surface area contributed by atoms with Gasteiger partial charge in [0.15, 0.2) is 0 Å². The van der Waals surface area contributed by atoms with Crippen molar-refractivity contribution < 1.29 is 19.2 Å². The van der Waals surface area contributed by atoms with Crippen LogP contribution in [0.1, 0.15) is 72.6 Å². The molecule has 2 aliphatic rings. The SMILES string of the molecule is CN(C)CC(=O)N[C@@H](C(=O)N1CCCC1c1ncc(-c2ccc(-c3ccc(-c4cnc(C5CCCN5C(=O)[C@H](NC(=O)CN(C)C)c5ccccc5)[nH]4)cc3)cc2)[nH]1)c1ccccc1. The third-order valence-electron chi connectivity index (χ3n) is 11.9. The van der Waals surface area contributed by atoms with Gasteiger partial charge in [-0.15, -0.1) is 0 Å². The molecular formula is C50H56N10O4. The van der Waals surface area contributed by atoms with Gasteiger partial charge in [0.1, 0.15) is 23.7 Å². The van der Waals surface area contributed by atoms with Gasteiger partial charge in [0.25, 0.3) is 0 Å². The molecule has 4 aromatic carbocycles. The van der Waals surface area contributed by atoms with E-state index >= 15 is 0 Å². The van der Waals surface area contributed by atoms with E-state index in [1.165, 1.54) is 0 Å². The zero-order valence-corrected chi connectivity index (χ0v) is 36.8. The Morgan fingerprint density at radius 2 is 0.922 bits per heavy atom. The number of benzene rings is 4. The Kier molecular flexibility index (Phi) is 13.4. The molecule has 4 amide bonds. The van der Waals surface area contributed by atoms with Crippen molar-refractivity contribution in [1.82, 2.24) is 50.2 Å². The highest BCUT2D eigenvalue weighted by Gasteiger charge is 2.38. The fraction of sp³-hybridized carbons (Fsp3) is 0.320. The normalized spacial score (nSPS) is 17.2. The first-order valence-electron chi connectivity index (χ1n) is 21.9. The zero-order chi connectivity index (χ0) is 44.7. The summed E-state index contributed by atoms with van der Waals surface area (Å²) in [5, 5.41) is 5.95. The Labute approximate surface area is 374 Å². The van der Waals surface area contributed by atoms with Crippen LogP contribution in [0.25, 0.3) is 33.6 Å². The van der Waals surface area contributed by atoms with Crippen LogP contribution in [-0.2, 0) is 19.2 Å². The molecule has 64 heavy (non-hydrogen) atoms. The van der Waals surface area contributed by atoms with E-state index in [-0.39, 0.29) is 48.8 Å². The highest BCUT2D eigenvalue weighted by atomic mass is 16.2. The number of nitrogens with zero attached hydrogens (tertiary/aromatic N) is 6. The van der Waals surface area contributed by atoms with Crippen LogP contribution in [0, 0.1) is 0 Å². The number of hydrogen-bond acceptors (Lipinski definition) is 8. The van der Waals surface area contributed by atoms with Gasteiger partial charge in [-0.05, 0) is 87.3 Å². The molecule has 2 aromatic heterocycles. The second-order valence-corrected chi connectivity index (χ2v) is 17.2. The second-order valence-electron chi connectivity index (χ2n) is 17.2. The third kappa shape index (κ3) is 9.98. The summed E-state index contributed by atoms with van der Waals surface area (Å²) in [5.41, 5.74) is 7.27. The number of amides is 4. The van der Waals surface area contributed by atoms with Crippen LogP contribution in [0.4, 0.5) is 0 Å². The molecule has 14 nitrogen and oxygen atoms in total. The van der Waals surface area contributed by atoms with Crippen LogP contribution in [0.15, 0.2) is 122 Å². The fourth-order valence-corrected chi connectivity index (χ4v) is 8.80. The van der Waals surface area contributed by atoms with Gasteiger partial charge in [-0.1, -0.05) is 109 Å². The van der Waals surface area contributed by atoms with Gasteiger partial charge < -0.3 is 40.2 Å². The number of imidazole rings is 2. The number of aromatic nitrogens is 4. The Morgan fingerprint density at radius 3 is 1.28 bits per heavy atom. The summed E-state index contributed by atoms with van der Waals surface area (Å²) in [6.45, 7) is 1.53. The van der Waals surface area contributed by atoms with Gasteiger partial charge in [0.05, 0.1) is 49.0 Å². The topological polar surface area (TPSA) is 163 Å². The van der Waals surface area contributed by atoms with E-state index < -0.39 is 12.1 Å². The average Bonchev–Trinajstić information content (AvgIpc) is 4.15. The van der Waals surface area contributed by atoms with Crippen molar-refractivity contribution in [3.8, 4) is 33.6 Å². The van der Waals surface area contributed by atoms with Crippen LogP contribution in [0.2, 0.25) is 0 Å². The van der Waals surface area contributed by atoms with Gasteiger partial charge in [-0.25, -0.2) is 9.97 Å². The number of nitrogens with one attached hydrogen (secondary N) is 4. The van der Waals surface area contributed by atoms with E-state index in [0.717, 1.165) is 82.1 Å². The predicted molar refractivity (Wildman–Crippen MR) is 246 cm³/mol. The van der Waals surface area contributed by atoms with Gasteiger partial charge in [-0.2, -0.15) is 0 Å². The molecule has 2 unspecified atom stereocenters. The number of likely N-dealkylation sites (tertiary alicyclic amines) is 2. The minimum absolute atomic E-state index is 0.147. The largest absolute Gasteiger partial charge is 0.340 e. The van der Waals surface area contributed by atoms with E-state index in [1.54, 1.807) is 9.80 Å². The Morgan fingerprint density at radius 1 is 0.562 bits per heavy atom. The minimum Gasteiger partial charge on any atom is -0.340 e. The summed E-state index contributed by atoms with van der Waals surface area (Å²) in [4.78, 5) is 77.7. The lowest BCUT2D eigenvalue weighted by Gasteiger charge is -2.29. The smallest absolute Gasteiger partial charge is 0.250 e. The van der Waals surface area contributed by atoms with Crippen molar-refractivity contribution in [2.24, 2.45) is 0 Å². The van der Waals surface area contributed by atoms with Gasteiger partial charge in [0.2, 0.25) is 23.6 Å². The number of carbonyl (C=O) groups excluding carboxylic acids is 4. The average molecular weight is 861 g/mol. The molecular weight excluding hydrogens is 805 g/mol. The molecule has 0 aliphatic carbocycles. The quantitative estimate of drug-likeness (QED) is 0.0936. The number of hydrogen-bond donors (Lipinski definition) is 4. The molecule has 330 valence electrons. The number of carbonyl (C=O) groups is 4. The molecule has 0 radical (unpaired) electrons. The molecule has 0 spiro atoms. The van der Waals surface area contributed by atoms with Gasteiger partial charge >= 0.3 is 0 Å². The zero-order valence-electron chi connectivity index (χ0n) is 36.8. The van der Waals surface area contributed by atoms with Gasteiger partial charge in [-0.3, -0.25) is 19.2 Å². The first-order chi connectivity index (χ1) is 31.0. The van der Waals surface area contributed by atoms with E-state index in [4.69, 9.17) is 9.97 Å². The molecule has 4 N–H and O–H groups in total. The minimum atomic E-state index is -0.795. The highest BCUT2D eigenvalue weighted by molar-refractivity contribution is 5.90. The molecule has 4 heterocycles. The molecule has 2 saturated heterocycles. The van der Waals surface area contributed by atoms with Crippen LogP contribution < -0.4 is 10.6 Å². The monoisotopic (exact) mass is 860 g/mol. The Hall–Kier alpha value is -6.90. The number of aromatic amines is 2. The third-order valence-corrected chi connectivity index (χ3v) is 11.9. The van der Waals surface area contributed by atoms with Crippen LogP contribution in [0.3, 0.4) is 0 Å². The summed E-state index contributed by atoms with van der Waals surface area (Å²) in [7, 11) is 7.30. The molecule has 0 bridgehead atoms. The molecule has 8 rings (SSSR count). The van der Waals surface area contributed by atoms with E-state index in [0.29, 0.717) is 13.1 Å².